The van der Waals surface area contributed by atoms with E-state index in [1.165, 1.54) is 17.0 Å². The van der Waals surface area contributed by atoms with Crippen molar-refractivity contribution in [2.24, 2.45) is 0 Å². The van der Waals surface area contributed by atoms with Gasteiger partial charge >= 0.3 is 0 Å². The van der Waals surface area contributed by atoms with Gasteiger partial charge in [0.25, 0.3) is 11.7 Å². The smallest absolute Gasteiger partial charge is 0.295 e. The summed E-state index contributed by atoms with van der Waals surface area (Å²) in [6.07, 6.45) is 0. The summed E-state index contributed by atoms with van der Waals surface area (Å²) in [6.45, 7) is 0.255. The van der Waals surface area contributed by atoms with Crippen molar-refractivity contribution in [1.82, 2.24) is 4.90 Å². The van der Waals surface area contributed by atoms with Gasteiger partial charge in [-0.3, -0.25) is 9.59 Å². The van der Waals surface area contributed by atoms with E-state index in [1.807, 2.05) is 49.3 Å². The van der Waals surface area contributed by atoms with E-state index in [4.69, 9.17) is 32.7 Å². The van der Waals surface area contributed by atoms with E-state index in [-0.39, 0.29) is 29.7 Å². The Hall–Kier alpha value is -3.68. The molecular formula is C27H22Cl2N2O5. The van der Waals surface area contributed by atoms with Crippen molar-refractivity contribution in [2.45, 2.75) is 12.6 Å². The number of ether oxygens (including phenoxy) is 2. The molecule has 36 heavy (non-hydrogen) atoms. The Morgan fingerprint density at radius 3 is 2.39 bits per heavy atom. The number of carbonyl (C=O) groups excluding carboxylic acids is 2. The lowest BCUT2D eigenvalue weighted by Gasteiger charge is -2.26. The number of aliphatic hydroxyl groups excluding tert-OH is 1. The van der Waals surface area contributed by atoms with Crippen molar-refractivity contribution in [1.29, 1.82) is 0 Å². The normalized spacial score (nSPS) is 18.1. The van der Waals surface area contributed by atoms with Gasteiger partial charge in [-0.25, -0.2) is 0 Å². The zero-order valence-corrected chi connectivity index (χ0v) is 21.0. The second-order valence-corrected chi connectivity index (χ2v) is 9.54. The van der Waals surface area contributed by atoms with Gasteiger partial charge in [0.15, 0.2) is 11.5 Å². The Balaban J connectivity index is 1.62. The lowest BCUT2D eigenvalue weighted by Crippen LogP contribution is -2.29. The molecule has 2 heterocycles. The molecule has 0 spiro atoms. The number of aliphatic hydroxyl groups is 1. The van der Waals surface area contributed by atoms with Crippen LogP contribution in [0, 0.1) is 0 Å². The fourth-order valence-electron chi connectivity index (χ4n) is 4.38. The van der Waals surface area contributed by atoms with Crippen LogP contribution < -0.4 is 14.4 Å². The van der Waals surface area contributed by atoms with E-state index in [1.54, 1.807) is 18.2 Å². The van der Waals surface area contributed by atoms with E-state index < -0.39 is 17.7 Å². The number of nitrogens with zero attached hydrogens (tertiary/aromatic N) is 2. The summed E-state index contributed by atoms with van der Waals surface area (Å²) in [4.78, 5) is 30.0. The first kappa shape index (κ1) is 24.0. The monoisotopic (exact) mass is 524 g/mol. The van der Waals surface area contributed by atoms with Crippen LogP contribution in [0.4, 0.5) is 5.69 Å². The van der Waals surface area contributed by atoms with Crippen molar-refractivity contribution >= 4 is 46.3 Å². The minimum atomic E-state index is -0.818. The zero-order chi connectivity index (χ0) is 25.6. The quantitative estimate of drug-likeness (QED) is 0.273. The molecule has 0 aromatic heterocycles. The van der Waals surface area contributed by atoms with Crippen LogP contribution in [0.1, 0.15) is 22.7 Å². The molecule has 1 atom stereocenters. The predicted octanol–water partition coefficient (Wildman–Crippen LogP) is 5.41. The number of halogens is 2. The van der Waals surface area contributed by atoms with Crippen molar-refractivity contribution < 1.29 is 24.2 Å². The maximum Gasteiger partial charge on any atom is 0.295 e. The van der Waals surface area contributed by atoms with Crippen LogP contribution in [0.2, 0.25) is 10.0 Å². The summed E-state index contributed by atoms with van der Waals surface area (Å²) in [5, 5.41) is 11.8. The van der Waals surface area contributed by atoms with Crippen LogP contribution in [0.3, 0.4) is 0 Å². The third kappa shape index (κ3) is 4.25. The zero-order valence-electron chi connectivity index (χ0n) is 19.5. The second-order valence-electron chi connectivity index (χ2n) is 8.73. The highest BCUT2D eigenvalue weighted by Crippen LogP contribution is 2.42. The SMILES string of the molecule is CN(C)c1ccc(C2/C(=C(\O)c3ccc(Cl)c(Cl)c3)C(=O)C(=O)N2Cc2ccc3c(c2)OCO3)cc1. The molecule has 3 aromatic carbocycles. The molecule has 0 saturated carbocycles. The van der Waals surface area contributed by atoms with E-state index in [2.05, 4.69) is 0 Å². The third-order valence-corrected chi connectivity index (χ3v) is 6.99. The molecule has 2 aliphatic heterocycles. The molecule has 1 fully saturated rings. The van der Waals surface area contributed by atoms with Gasteiger partial charge in [0.05, 0.1) is 21.7 Å². The Bertz CT molecular complexity index is 1400. The minimum absolute atomic E-state index is 0.0169. The van der Waals surface area contributed by atoms with Crippen molar-refractivity contribution in [3.8, 4) is 11.5 Å². The first-order valence-corrected chi connectivity index (χ1v) is 11.9. The minimum Gasteiger partial charge on any atom is -0.507 e. The van der Waals surface area contributed by atoms with Gasteiger partial charge in [0, 0.05) is 31.9 Å². The number of ketones is 1. The molecule has 7 nitrogen and oxygen atoms in total. The summed E-state index contributed by atoms with van der Waals surface area (Å²) in [5.74, 6) is -0.609. The molecule has 9 heteroatoms. The highest BCUT2D eigenvalue weighted by atomic mass is 35.5. The van der Waals surface area contributed by atoms with Crippen molar-refractivity contribution in [3.63, 3.8) is 0 Å². The molecule has 0 bridgehead atoms. The molecule has 1 saturated heterocycles. The Kier molecular flexibility index (Phi) is 6.28. The van der Waals surface area contributed by atoms with Crippen LogP contribution in [0.5, 0.6) is 11.5 Å². The molecule has 184 valence electrons. The van der Waals surface area contributed by atoms with E-state index >= 15 is 0 Å². The number of benzene rings is 3. The number of anilines is 1. The molecule has 1 N–H and O–H groups in total. The summed E-state index contributed by atoms with van der Waals surface area (Å²) in [6, 6.07) is 16.6. The van der Waals surface area contributed by atoms with Gasteiger partial charge in [-0.05, 0) is 53.6 Å². The Morgan fingerprint density at radius 1 is 0.972 bits per heavy atom. The molecule has 3 aromatic rings. The number of hydrogen-bond acceptors (Lipinski definition) is 6. The van der Waals surface area contributed by atoms with Crippen LogP contribution in [0.25, 0.3) is 5.76 Å². The van der Waals surface area contributed by atoms with Gasteiger partial charge in [-0.15, -0.1) is 0 Å². The lowest BCUT2D eigenvalue weighted by molar-refractivity contribution is -0.140. The summed E-state index contributed by atoms with van der Waals surface area (Å²) >= 11 is 12.2. The van der Waals surface area contributed by atoms with E-state index in [0.717, 1.165) is 11.3 Å². The first-order chi connectivity index (χ1) is 17.2. The van der Waals surface area contributed by atoms with Gasteiger partial charge < -0.3 is 24.4 Å². The number of fused-ring (bicyclic) bond motifs is 1. The topological polar surface area (TPSA) is 79.3 Å². The Labute approximate surface area is 218 Å². The first-order valence-electron chi connectivity index (χ1n) is 11.1. The molecule has 0 aliphatic carbocycles. The molecule has 0 radical (unpaired) electrons. The molecule has 2 aliphatic rings. The van der Waals surface area contributed by atoms with Gasteiger partial charge in [-0.2, -0.15) is 0 Å². The molecular weight excluding hydrogens is 503 g/mol. The van der Waals surface area contributed by atoms with Crippen LogP contribution >= 0.6 is 23.2 Å². The van der Waals surface area contributed by atoms with Gasteiger partial charge in [0.2, 0.25) is 6.79 Å². The third-order valence-electron chi connectivity index (χ3n) is 6.25. The number of hydrogen-bond donors (Lipinski definition) is 1. The largest absolute Gasteiger partial charge is 0.507 e. The number of likely N-dealkylation sites (tertiary alicyclic amines) is 1. The lowest BCUT2D eigenvalue weighted by atomic mass is 9.95. The maximum atomic E-state index is 13.3. The van der Waals surface area contributed by atoms with Crippen LogP contribution in [0.15, 0.2) is 66.2 Å². The average Bonchev–Trinajstić information content (AvgIpc) is 3.43. The fraction of sp³-hybridized carbons (Fsp3) is 0.185. The second kappa shape index (κ2) is 9.41. The number of amides is 1. The summed E-state index contributed by atoms with van der Waals surface area (Å²) < 4.78 is 10.8. The van der Waals surface area contributed by atoms with Gasteiger partial charge in [-0.1, -0.05) is 41.4 Å². The predicted molar refractivity (Wildman–Crippen MR) is 138 cm³/mol. The molecule has 1 unspecified atom stereocenters. The average molecular weight is 525 g/mol. The molecule has 1 amide bonds. The maximum absolute atomic E-state index is 13.3. The van der Waals surface area contributed by atoms with Crippen molar-refractivity contribution in [2.75, 3.05) is 25.8 Å². The Morgan fingerprint density at radius 2 is 1.69 bits per heavy atom. The van der Waals surface area contributed by atoms with E-state index in [0.29, 0.717) is 27.6 Å². The fourth-order valence-corrected chi connectivity index (χ4v) is 4.68. The van der Waals surface area contributed by atoms with Crippen LogP contribution in [-0.4, -0.2) is 42.6 Å². The van der Waals surface area contributed by atoms with E-state index in [9.17, 15) is 14.7 Å². The highest BCUT2D eigenvalue weighted by Gasteiger charge is 2.46. The number of rotatable bonds is 5. The van der Waals surface area contributed by atoms with Crippen LogP contribution in [-0.2, 0) is 16.1 Å². The highest BCUT2D eigenvalue weighted by molar-refractivity contribution is 6.46. The summed E-state index contributed by atoms with van der Waals surface area (Å²) in [7, 11) is 3.84. The standard InChI is InChI=1S/C27H22Cl2N2O5/c1-30(2)18-7-4-16(5-8-18)24-23(25(32)17-6-9-19(28)20(29)12-17)26(33)27(34)31(24)13-15-3-10-21-22(11-15)36-14-35-21/h3-12,24,32H,13-14H2,1-2H3/b25-23+. The number of Topliss-reactive ketones (excluding diaryl/α,β-unsaturated/α-hetero) is 1. The van der Waals surface area contributed by atoms with Gasteiger partial charge in [0.1, 0.15) is 5.76 Å². The number of carbonyl (C=O) groups is 2. The molecule has 5 rings (SSSR count). The summed E-state index contributed by atoms with van der Waals surface area (Å²) in [5.41, 5.74) is 2.67. The van der Waals surface area contributed by atoms with Crippen molar-refractivity contribution in [3.05, 3.63) is 93.0 Å².